The highest BCUT2D eigenvalue weighted by Gasteiger charge is 2.22. The maximum atomic E-state index is 11.4. The van der Waals surface area contributed by atoms with Gasteiger partial charge >= 0.3 is 5.97 Å². The van der Waals surface area contributed by atoms with Gasteiger partial charge in [-0.3, -0.25) is 0 Å². The number of aryl methyl sites for hydroxylation is 2. The Hall–Kier alpha value is -1.58. The molecule has 3 rings (SSSR count). The van der Waals surface area contributed by atoms with E-state index >= 15 is 0 Å². The summed E-state index contributed by atoms with van der Waals surface area (Å²) in [5.41, 5.74) is 2.34. The Balaban J connectivity index is 1.81. The molecular formula is C16H21NO3. The molecule has 0 atom stereocenters. The van der Waals surface area contributed by atoms with Gasteiger partial charge in [-0.1, -0.05) is 12.8 Å². The predicted molar refractivity (Wildman–Crippen MR) is 75.3 cm³/mol. The van der Waals surface area contributed by atoms with Crippen LogP contribution in [0.25, 0.3) is 0 Å². The molecule has 4 nitrogen and oxygen atoms in total. The average Bonchev–Trinajstić information content (AvgIpc) is 2.97. The molecule has 0 bridgehead atoms. The Morgan fingerprint density at radius 1 is 1.25 bits per heavy atom. The lowest BCUT2D eigenvalue weighted by Crippen LogP contribution is -2.15. The zero-order chi connectivity index (χ0) is 13.9. The van der Waals surface area contributed by atoms with Gasteiger partial charge in [0.05, 0.1) is 6.61 Å². The molecule has 0 aromatic carbocycles. The van der Waals surface area contributed by atoms with Crippen molar-refractivity contribution >= 4 is 5.97 Å². The van der Waals surface area contributed by atoms with E-state index in [-0.39, 0.29) is 5.56 Å². The van der Waals surface area contributed by atoms with Gasteiger partial charge in [-0.15, -0.1) is 0 Å². The van der Waals surface area contributed by atoms with Crippen LogP contribution in [0.5, 0.6) is 5.88 Å². The van der Waals surface area contributed by atoms with Crippen LogP contribution in [-0.4, -0.2) is 22.7 Å². The summed E-state index contributed by atoms with van der Waals surface area (Å²) < 4.78 is 5.76. The van der Waals surface area contributed by atoms with Crippen molar-refractivity contribution in [2.45, 2.75) is 51.4 Å². The zero-order valence-corrected chi connectivity index (χ0v) is 11.7. The summed E-state index contributed by atoms with van der Waals surface area (Å²) in [4.78, 5) is 15.9. The highest BCUT2D eigenvalue weighted by molar-refractivity contribution is 5.90. The van der Waals surface area contributed by atoms with Crippen LogP contribution in [0.3, 0.4) is 0 Å². The van der Waals surface area contributed by atoms with E-state index in [1.165, 1.54) is 25.7 Å². The molecule has 0 spiro atoms. The minimum atomic E-state index is -0.938. The molecule has 1 saturated carbocycles. The van der Waals surface area contributed by atoms with Gasteiger partial charge in [0.2, 0.25) is 5.88 Å². The number of carboxylic acid groups (broad SMARTS) is 1. The lowest BCUT2D eigenvalue weighted by molar-refractivity contribution is 0.0689. The molecule has 1 heterocycles. The summed E-state index contributed by atoms with van der Waals surface area (Å²) in [7, 11) is 0. The maximum absolute atomic E-state index is 11.4. The van der Waals surface area contributed by atoms with Crippen molar-refractivity contribution in [3.63, 3.8) is 0 Å². The van der Waals surface area contributed by atoms with E-state index in [2.05, 4.69) is 4.98 Å². The summed E-state index contributed by atoms with van der Waals surface area (Å²) in [5.74, 6) is -0.0492. The monoisotopic (exact) mass is 275 g/mol. The number of nitrogens with zero attached hydrogens (tertiary/aromatic N) is 1. The van der Waals surface area contributed by atoms with E-state index in [1.807, 2.05) is 0 Å². The molecule has 2 aliphatic carbocycles. The Bertz CT molecular complexity index is 507. The minimum Gasteiger partial charge on any atom is -0.477 e. The summed E-state index contributed by atoms with van der Waals surface area (Å²) in [5, 5.41) is 9.34. The first-order chi connectivity index (χ1) is 9.74. The Kier molecular flexibility index (Phi) is 3.90. The van der Waals surface area contributed by atoms with Gasteiger partial charge < -0.3 is 9.84 Å². The van der Waals surface area contributed by atoms with Gasteiger partial charge in [0.1, 0.15) is 5.56 Å². The molecule has 0 aliphatic heterocycles. The third kappa shape index (κ3) is 2.79. The number of aromatic carboxylic acids is 1. The smallest absolute Gasteiger partial charge is 0.341 e. The van der Waals surface area contributed by atoms with Gasteiger partial charge in [0, 0.05) is 5.69 Å². The van der Waals surface area contributed by atoms with Gasteiger partial charge in [-0.05, 0) is 56.1 Å². The van der Waals surface area contributed by atoms with Crippen LogP contribution in [-0.2, 0) is 12.8 Å². The van der Waals surface area contributed by atoms with Crippen molar-refractivity contribution in [1.82, 2.24) is 4.98 Å². The summed E-state index contributed by atoms with van der Waals surface area (Å²) in [6.45, 7) is 0.603. The van der Waals surface area contributed by atoms with E-state index in [0.29, 0.717) is 18.4 Å². The van der Waals surface area contributed by atoms with Crippen molar-refractivity contribution in [3.8, 4) is 5.88 Å². The van der Waals surface area contributed by atoms with Crippen molar-refractivity contribution in [2.75, 3.05) is 6.61 Å². The Morgan fingerprint density at radius 3 is 2.75 bits per heavy atom. The average molecular weight is 275 g/mol. The molecular weight excluding hydrogens is 254 g/mol. The number of carboxylic acids is 1. The van der Waals surface area contributed by atoms with Crippen molar-refractivity contribution in [1.29, 1.82) is 0 Å². The van der Waals surface area contributed by atoms with Crippen LogP contribution in [0.2, 0.25) is 0 Å². The number of fused-ring (bicyclic) bond motifs is 1. The SMILES string of the molecule is O=C(O)c1cc2c(nc1OCC1CCCC1)CCCC2. The van der Waals surface area contributed by atoms with E-state index in [4.69, 9.17) is 4.74 Å². The van der Waals surface area contributed by atoms with E-state index in [1.54, 1.807) is 6.07 Å². The lowest BCUT2D eigenvalue weighted by atomic mass is 9.95. The zero-order valence-electron chi connectivity index (χ0n) is 11.7. The van der Waals surface area contributed by atoms with E-state index < -0.39 is 5.97 Å². The van der Waals surface area contributed by atoms with Crippen LogP contribution in [0.1, 0.15) is 60.1 Å². The molecule has 0 radical (unpaired) electrons. The van der Waals surface area contributed by atoms with Crippen LogP contribution in [0.4, 0.5) is 0 Å². The van der Waals surface area contributed by atoms with Crippen molar-refractivity contribution in [3.05, 3.63) is 22.9 Å². The van der Waals surface area contributed by atoms with Crippen LogP contribution < -0.4 is 4.74 Å². The Morgan fingerprint density at radius 2 is 2.00 bits per heavy atom. The van der Waals surface area contributed by atoms with Crippen LogP contribution >= 0.6 is 0 Å². The minimum absolute atomic E-state index is 0.226. The number of hydrogen-bond donors (Lipinski definition) is 1. The number of ether oxygens (including phenoxy) is 1. The molecule has 0 unspecified atom stereocenters. The van der Waals surface area contributed by atoms with Crippen molar-refractivity contribution < 1.29 is 14.6 Å². The second-order valence-corrected chi connectivity index (χ2v) is 5.92. The maximum Gasteiger partial charge on any atom is 0.341 e. The molecule has 0 saturated heterocycles. The van der Waals surface area contributed by atoms with Gasteiger partial charge in [-0.25, -0.2) is 9.78 Å². The summed E-state index contributed by atoms with van der Waals surface area (Å²) >= 11 is 0. The Labute approximate surface area is 119 Å². The first-order valence-electron chi connectivity index (χ1n) is 7.63. The summed E-state index contributed by atoms with van der Waals surface area (Å²) in [6, 6.07) is 1.77. The standard InChI is InChI=1S/C16H21NO3/c18-16(19)13-9-12-7-3-4-8-14(12)17-15(13)20-10-11-5-1-2-6-11/h9,11H,1-8,10H2,(H,18,19). The van der Waals surface area contributed by atoms with Gasteiger partial charge in [-0.2, -0.15) is 0 Å². The number of aromatic nitrogens is 1. The first kappa shape index (κ1) is 13.4. The van der Waals surface area contributed by atoms with Crippen molar-refractivity contribution in [2.24, 2.45) is 5.92 Å². The predicted octanol–water partition coefficient (Wildman–Crippen LogP) is 3.23. The van der Waals surface area contributed by atoms with Crippen LogP contribution in [0.15, 0.2) is 6.07 Å². The fourth-order valence-corrected chi connectivity index (χ4v) is 3.25. The number of carbonyl (C=O) groups is 1. The molecule has 108 valence electrons. The number of rotatable bonds is 4. The molecule has 1 aromatic rings. The normalized spacial score (nSPS) is 18.8. The third-order valence-electron chi connectivity index (χ3n) is 4.43. The largest absolute Gasteiger partial charge is 0.477 e. The molecule has 1 N–H and O–H groups in total. The second kappa shape index (κ2) is 5.81. The molecule has 4 heteroatoms. The highest BCUT2D eigenvalue weighted by Crippen LogP contribution is 2.29. The molecule has 1 fully saturated rings. The highest BCUT2D eigenvalue weighted by atomic mass is 16.5. The van der Waals surface area contributed by atoms with Crippen LogP contribution in [0, 0.1) is 5.92 Å². The lowest BCUT2D eigenvalue weighted by Gasteiger charge is -2.18. The number of hydrogen-bond acceptors (Lipinski definition) is 3. The molecule has 1 aromatic heterocycles. The fourth-order valence-electron chi connectivity index (χ4n) is 3.25. The fraction of sp³-hybridized carbons (Fsp3) is 0.625. The second-order valence-electron chi connectivity index (χ2n) is 5.92. The summed E-state index contributed by atoms with van der Waals surface area (Å²) in [6.07, 6.45) is 9.03. The topological polar surface area (TPSA) is 59.4 Å². The van der Waals surface area contributed by atoms with E-state index in [0.717, 1.165) is 36.9 Å². The molecule has 2 aliphatic rings. The molecule has 0 amide bonds. The number of pyridine rings is 1. The van der Waals surface area contributed by atoms with Gasteiger partial charge in [0.25, 0.3) is 0 Å². The van der Waals surface area contributed by atoms with E-state index in [9.17, 15) is 9.90 Å². The van der Waals surface area contributed by atoms with Gasteiger partial charge in [0.15, 0.2) is 0 Å². The molecule has 20 heavy (non-hydrogen) atoms. The first-order valence-corrected chi connectivity index (χ1v) is 7.63. The third-order valence-corrected chi connectivity index (χ3v) is 4.43. The quantitative estimate of drug-likeness (QED) is 0.916.